The maximum absolute atomic E-state index is 13.7. The van der Waals surface area contributed by atoms with Crippen molar-refractivity contribution >= 4 is 15.7 Å². The predicted molar refractivity (Wildman–Crippen MR) is 67.1 cm³/mol. The van der Waals surface area contributed by atoms with Crippen LogP contribution in [0.1, 0.15) is 6.42 Å². The second-order valence-electron chi connectivity index (χ2n) is 3.95. The van der Waals surface area contributed by atoms with Gasteiger partial charge in [-0.15, -0.1) is 0 Å². The molecule has 0 saturated carbocycles. The lowest BCUT2D eigenvalue weighted by Gasteiger charge is -2.17. The number of sulfonamides is 1. The molecule has 0 heterocycles. The van der Waals surface area contributed by atoms with Crippen LogP contribution in [0.4, 0.5) is 14.5 Å². The van der Waals surface area contributed by atoms with Gasteiger partial charge in [0.15, 0.2) is 5.82 Å². The summed E-state index contributed by atoms with van der Waals surface area (Å²) in [5.41, 5.74) is 4.35. The summed E-state index contributed by atoms with van der Waals surface area (Å²) in [4.78, 5) is -0.633. The van der Waals surface area contributed by atoms with Crippen molar-refractivity contribution in [1.29, 1.82) is 0 Å². The highest BCUT2D eigenvalue weighted by molar-refractivity contribution is 7.89. The lowest BCUT2D eigenvalue weighted by atomic mass is 10.3. The van der Waals surface area contributed by atoms with Gasteiger partial charge < -0.3 is 10.5 Å². The molecule has 0 fully saturated rings. The lowest BCUT2D eigenvalue weighted by Crippen LogP contribution is -2.29. The molecule has 0 saturated heterocycles. The highest BCUT2D eigenvalue weighted by Crippen LogP contribution is 2.24. The van der Waals surface area contributed by atoms with E-state index in [-0.39, 0.29) is 6.54 Å². The lowest BCUT2D eigenvalue weighted by molar-refractivity contribution is 0.189. The first kappa shape index (κ1) is 15.8. The number of benzene rings is 1. The smallest absolute Gasteiger partial charge is 0.245 e. The number of hydrogen-bond donors (Lipinski definition) is 1. The van der Waals surface area contributed by atoms with Crippen LogP contribution in [0.3, 0.4) is 0 Å². The van der Waals surface area contributed by atoms with Gasteiger partial charge in [0, 0.05) is 27.3 Å². The Morgan fingerprint density at radius 1 is 1.37 bits per heavy atom. The van der Waals surface area contributed by atoms with Gasteiger partial charge in [0.1, 0.15) is 16.4 Å². The average Bonchev–Trinajstić information content (AvgIpc) is 2.35. The quantitative estimate of drug-likeness (QED) is 0.632. The monoisotopic (exact) mass is 294 g/mol. The van der Waals surface area contributed by atoms with Gasteiger partial charge >= 0.3 is 0 Å². The number of rotatable bonds is 6. The molecule has 0 spiro atoms. The Morgan fingerprint density at radius 2 is 2.00 bits per heavy atom. The zero-order chi connectivity index (χ0) is 14.6. The van der Waals surface area contributed by atoms with Crippen LogP contribution in [0.5, 0.6) is 0 Å². The van der Waals surface area contributed by atoms with E-state index in [2.05, 4.69) is 0 Å². The van der Waals surface area contributed by atoms with E-state index in [1.165, 1.54) is 14.2 Å². The summed E-state index contributed by atoms with van der Waals surface area (Å²) in [6, 6.07) is 1.69. The minimum Gasteiger partial charge on any atom is -0.394 e. The van der Waals surface area contributed by atoms with Crippen molar-refractivity contribution in [2.75, 3.05) is 33.0 Å². The number of ether oxygens (including phenoxy) is 1. The predicted octanol–water partition coefficient (Wildman–Crippen LogP) is 1.20. The molecule has 2 N–H and O–H groups in total. The van der Waals surface area contributed by atoms with Crippen molar-refractivity contribution in [3.63, 3.8) is 0 Å². The molecule has 0 atom stereocenters. The van der Waals surface area contributed by atoms with Crippen LogP contribution in [0.2, 0.25) is 0 Å². The normalized spacial score (nSPS) is 12.1. The molecule has 5 nitrogen and oxygen atoms in total. The number of nitrogens with zero attached hydrogens (tertiary/aromatic N) is 1. The first-order valence-corrected chi connectivity index (χ1v) is 6.95. The minimum absolute atomic E-state index is 0.160. The van der Waals surface area contributed by atoms with Gasteiger partial charge in [-0.3, -0.25) is 0 Å². The number of hydrogen-bond acceptors (Lipinski definition) is 4. The van der Waals surface area contributed by atoms with Crippen LogP contribution < -0.4 is 5.73 Å². The largest absolute Gasteiger partial charge is 0.394 e. The summed E-state index contributed by atoms with van der Waals surface area (Å²) in [6.07, 6.45) is 0.463. The molecule has 1 aromatic carbocycles. The van der Waals surface area contributed by atoms with Gasteiger partial charge in [-0.05, 0) is 18.6 Å². The SMILES string of the molecule is COCCCN(C)S(=O)(=O)c1ccc(F)c(N)c1F. The summed E-state index contributed by atoms with van der Waals surface area (Å²) in [5.74, 6) is -2.25. The van der Waals surface area contributed by atoms with Crippen LogP contribution >= 0.6 is 0 Å². The van der Waals surface area contributed by atoms with E-state index in [9.17, 15) is 17.2 Å². The summed E-state index contributed by atoms with van der Waals surface area (Å²) in [5, 5.41) is 0. The standard InChI is InChI=1S/C11H16F2N2O3S/c1-15(6-3-7-18-2)19(16,17)9-5-4-8(12)11(14)10(9)13/h4-5H,3,6-7,14H2,1-2H3. The second-order valence-corrected chi connectivity index (χ2v) is 5.96. The zero-order valence-electron chi connectivity index (χ0n) is 10.7. The molecular formula is C11H16F2N2O3S. The molecule has 108 valence electrons. The van der Waals surface area contributed by atoms with Crippen LogP contribution in [0.25, 0.3) is 0 Å². The van der Waals surface area contributed by atoms with Gasteiger partial charge in [0.05, 0.1) is 0 Å². The van der Waals surface area contributed by atoms with E-state index in [1.807, 2.05) is 0 Å². The third-order valence-electron chi connectivity index (χ3n) is 2.60. The fraction of sp³-hybridized carbons (Fsp3) is 0.455. The molecule has 1 rings (SSSR count). The average molecular weight is 294 g/mol. The number of methoxy groups -OCH3 is 1. The number of nitrogens with two attached hydrogens (primary N) is 1. The second kappa shape index (κ2) is 6.27. The zero-order valence-corrected chi connectivity index (χ0v) is 11.5. The van der Waals surface area contributed by atoms with Crippen molar-refractivity contribution < 1.29 is 21.9 Å². The molecule has 1 aromatic rings. The van der Waals surface area contributed by atoms with Crippen LogP contribution in [0, 0.1) is 11.6 Å². The molecular weight excluding hydrogens is 278 g/mol. The first-order chi connectivity index (χ1) is 8.82. The molecule has 19 heavy (non-hydrogen) atoms. The number of halogens is 2. The van der Waals surface area contributed by atoms with Gasteiger partial charge in [-0.1, -0.05) is 0 Å². The van der Waals surface area contributed by atoms with E-state index in [0.717, 1.165) is 16.4 Å². The molecule has 0 unspecified atom stereocenters. The van der Waals surface area contributed by atoms with Crippen LogP contribution in [0.15, 0.2) is 17.0 Å². The molecule has 0 aliphatic heterocycles. The van der Waals surface area contributed by atoms with E-state index < -0.39 is 32.2 Å². The van der Waals surface area contributed by atoms with E-state index in [4.69, 9.17) is 10.5 Å². The van der Waals surface area contributed by atoms with Crippen LogP contribution in [-0.2, 0) is 14.8 Å². The summed E-state index contributed by atoms with van der Waals surface area (Å²) < 4.78 is 56.7. The summed E-state index contributed by atoms with van der Waals surface area (Å²) in [7, 11) is -1.23. The molecule has 0 radical (unpaired) electrons. The number of anilines is 1. The third-order valence-corrected chi connectivity index (χ3v) is 4.48. The van der Waals surface area contributed by atoms with Gasteiger partial charge in [-0.2, -0.15) is 0 Å². The number of nitrogen functional groups attached to an aromatic ring is 1. The van der Waals surface area contributed by atoms with Crippen molar-refractivity contribution in [3.05, 3.63) is 23.8 Å². The highest BCUT2D eigenvalue weighted by atomic mass is 32.2. The van der Waals surface area contributed by atoms with Crippen molar-refractivity contribution in [3.8, 4) is 0 Å². The highest BCUT2D eigenvalue weighted by Gasteiger charge is 2.26. The van der Waals surface area contributed by atoms with Crippen molar-refractivity contribution in [2.45, 2.75) is 11.3 Å². The Labute approximate surface area is 111 Å². The maximum atomic E-state index is 13.7. The Kier molecular flexibility index (Phi) is 5.21. The van der Waals surface area contributed by atoms with Crippen LogP contribution in [-0.4, -0.2) is 40.0 Å². The third kappa shape index (κ3) is 3.40. The molecule has 0 aromatic heterocycles. The van der Waals surface area contributed by atoms with E-state index >= 15 is 0 Å². The Morgan fingerprint density at radius 3 is 2.58 bits per heavy atom. The minimum atomic E-state index is -4.03. The molecule has 0 aliphatic rings. The van der Waals surface area contributed by atoms with Crippen molar-refractivity contribution in [2.24, 2.45) is 0 Å². The maximum Gasteiger partial charge on any atom is 0.245 e. The Hall–Kier alpha value is -1.25. The van der Waals surface area contributed by atoms with Crippen molar-refractivity contribution in [1.82, 2.24) is 4.31 Å². The topological polar surface area (TPSA) is 72.6 Å². The first-order valence-electron chi connectivity index (χ1n) is 5.51. The molecule has 8 heteroatoms. The fourth-order valence-electron chi connectivity index (χ4n) is 1.47. The van der Waals surface area contributed by atoms with Gasteiger partial charge in [0.25, 0.3) is 0 Å². The fourth-order valence-corrected chi connectivity index (χ4v) is 2.75. The summed E-state index contributed by atoms with van der Waals surface area (Å²) in [6.45, 7) is 0.542. The van der Waals surface area contributed by atoms with E-state index in [1.54, 1.807) is 0 Å². The van der Waals surface area contributed by atoms with E-state index in [0.29, 0.717) is 13.0 Å². The Balaban J connectivity index is 3.04. The van der Waals surface area contributed by atoms with Gasteiger partial charge in [-0.25, -0.2) is 21.5 Å². The molecule has 0 bridgehead atoms. The van der Waals surface area contributed by atoms with Gasteiger partial charge in [0.2, 0.25) is 10.0 Å². The molecule has 0 amide bonds. The molecule has 0 aliphatic carbocycles. The summed E-state index contributed by atoms with van der Waals surface area (Å²) >= 11 is 0. The Bertz CT molecular complexity index is 549.